The van der Waals surface area contributed by atoms with Gasteiger partial charge in [0.25, 0.3) is 0 Å². The van der Waals surface area contributed by atoms with Gasteiger partial charge in [-0.15, -0.1) is 0 Å². The van der Waals surface area contributed by atoms with Gasteiger partial charge in [0.05, 0.1) is 13.5 Å². The van der Waals surface area contributed by atoms with E-state index >= 15 is 0 Å². The summed E-state index contributed by atoms with van der Waals surface area (Å²) in [6.07, 6.45) is 2.31. The number of carbonyl (C=O) groups is 1. The van der Waals surface area contributed by atoms with E-state index in [4.69, 9.17) is 10.5 Å². The monoisotopic (exact) mass is 260 g/mol. The lowest BCUT2D eigenvalue weighted by atomic mass is 10.0. The van der Waals surface area contributed by atoms with Crippen LogP contribution in [0.25, 0.3) is 10.9 Å². The van der Waals surface area contributed by atoms with E-state index in [-0.39, 0.29) is 5.97 Å². The zero-order valence-electron chi connectivity index (χ0n) is 11.7. The van der Waals surface area contributed by atoms with Crippen LogP contribution in [0.4, 0.5) is 0 Å². The Morgan fingerprint density at radius 3 is 2.63 bits per heavy atom. The molecule has 0 fully saturated rings. The predicted octanol–water partition coefficient (Wildman–Crippen LogP) is 1.93. The fraction of sp³-hybridized carbons (Fsp3) is 0.400. The van der Waals surface area contributed by atoms with Crippen LogP contribution in [0.3, 0.4) is 0 Å². The summed E-state index contributed by atoms with van der Waals surface area (Å²) >= 11 is 0. The average Bonchev–Trinajstić information content (AvgIpc) is 2.69. The molecule has 1 aromatic heterocycles. The maximum atomic E-state index is 11.5. The van der Waals surface area contributed by atoms with Crippen molar-refractivity contribution >= 4 is 16.9 Å². The molecule has 0 aliphatic rings. The number of aryl methyl sites for hydroxylation is 2. The maximum absolute atomic E-state index is 11.5. The van der Waals surface area contributed by atoms with Crippen LogP contribution in [-0.4, -0.2) is 24.2 Å². The van der Waals surface area contributed by atoms with E-state index in [9.17, 15) is 4.79 Å². The van der Waals surface area contributed by atoms with Gasteiger partial charge in [-0.25, -0.2) is 0 Å². The Labute approximate surface area is 113 Å². The molecular weight excluding hydrogens is 240 g/mol. The van der Waals surface area contributed by atoms with Gasteiger partial charge in [-0.3, -0.25) is 4.79 Å². The first-order chi connectivity index (χ1) is 9.06. The van der Waals surface area contributed by atoms with Crippen molar-refractivity contribution in [3.05, 3.63) is 35.0 Å². The third-order valence-corrected chi connectivity index (χ3v) is 3.51. The zero-order valence-corrected chi connectivity index (χ0v) is 11.7. The molecule has 0 aliphatic carbocycles. The van der Waals surface area contributed by atoms with Gasteiger partial charge in [0.1, 0.15) is 0 Å². The van der Waals surface area contributed by atoms with E-state index in [0.29, 0.717) is 13.0 Å². The highest BCUT2D eigenvalue weighted by Gasteiger charge is 2.13. The van der Waals surface area contributed by atoms with Crippen molar-refractivity contribution in [3.63, 3.8) is 0 Å². The van der Waals surface area contributed by atoms with Crippen molar-refractivity contribution in [2.45, 2.75) is 26.8 Å². The van der Waals surface area contributed by atoms with Gasteiger partial charge in [-0.05, 0) is 42.7 Å². The molecule has 0 unspecified atom stereocenters. The summed E-state index contributed by atoms with van der Waals surface area (Å²) in [6.45, 7) is 5.50. The Bertz CT molecular complexity index is 614. The quantitative estimate of drug-likeness (QED) is 0.855. The second-order valence-electron chi connectivity index (χ2n) is 4.84. The Morgan fingerprint density at radius 2 is 2.00 bits per heavy atom. The second kappa shape index (κ2) is 5.45. The molecule has 2 aromatic rings. The van der Waals surface area contributed by atoms with Gasteiger partial charge in [0.15, 0.2) is 0 Å². The fourth-order valence-electron chi connectivity index (χ4n) is 2.32. The van der Waals surface area contributed by atoms with Crippen molar-refractivity contribution < 1.29 is 9.53 Å². The van der Waals surface area contributed by atoms with Crippen molar-refractivity contribution in [2.24, 2.45) is 5.73 Å². The number of rotatable bonds is 4. The van der Waals surface area contributed by atoms with Gasteiger partial charge in [-0.2, -0.15) is 0 Å². The number of ether oxygens (including phenoxy) is 1. The summed E-state index contributed by atoms with van der Waals surface area (Å²) in [4.78, 5) is 11.5. The van der Waals surface area contributed by atoms with Crippen molar-refractivity contribution in [1.29, 1.82) is 0 Å². The Kier molecular flexibility index (Phi) is 3.90. The zero-order chi connectivity index (χ0) is 14.0. The standard InChI is InChI=1S/C15H20N2O2/c1-10-6-13-12(8-15(18)19-3)9-17(5-4-16)14(13)7-11(10)2/h6-7,9H,4-5,8,16H2,1-3H3. The highest BCUT2D eigenvalue weighted by molar-refractivity contribution is 5.89. The van der Waals surface area contributed by atoms with Crippen molar-refractivity contribution in [3.8, 4) is 0 Å². The third-order valence-electron chi connectivity index (χ3n) is 3.51. The molecule has 0 saturated heterocycles. The Morgan fingerprint density at radius 1 is 1.32 bits per heavy atom. The lowest BCUT2D eigenvalue weighted by molar-refractivity contribution is -0.139. The number of esters is 1. The van der Waals surface area contributed by atoms with Gasteiger partial charge in [0.2, 0.25) is 0 Å². The van der Waals surface area contributed by atoms with E-state index in [0.717, 1.165) is 23.0 Å². The first-order valence-electron chi connectivity index (χ1n) is 6.42. The van der Waals surface area contributed by atoms with E-state index in [1.54, 1.807) is 0 Å². The van der Waals surface area contributed by atoms with Crippen LogP contribution in [-0.2, 0) is 22.5 Å². The molecule has 4 nitrogen and oxygen atoms in total. The number of nitrogens with zero attached hydrogens (tertiary/aromatic N) is 1. The van der Waals surface area contributed by atoms with Crippen molar-refractivity contribution in [2.75, 3.05) is 13.7 Å². The predicted molar refractivity (Wildman–Crippen MR) is 76.2 cm³/mol. The molecule has 0 saturated carbocycles. The smallest absolute Gasteiger partial charge is 0.310 e. The normalized spacial score (nSPS) is 10.9. The molecule has 2 N–H and O–H groups in total. The topological polar surface area (TPSA) is 57.2 Å². The maximum Gasteiger partial charge on any atom is 0.310 e. The van der Waals surface area contributed by atoms with Crippen LogP contribution < -0.4 is 5.73 Å². The summed E-state index contributed by atoms with van der Waals surface area (Å²) in [7, 11) is 1.41. The van der Waals surface area contributed by atoms with Crippen LogP contribution >= 0.6 is 0 Å². The van der Waals surface area contributed by atoms with Crippen LogP contribution in [0.15, 0.2) is 18.3 Å². The van der Waals surface area contributed by atoms with E-state index in [1.165, 1.54) is 18.2 Å². The summed E-state index contributed by atoms with van der Waals surface area (Å²) < 4.78 is 6.86. The second-order valence-corrected chi connectivity index (χ2v) is 4.84. The molecule has 2 rings (SSSR count). The first kappa shape index (κ1) is 13.6. The first-order valence-corrected chi connectivity index (χ1v) is 6.42. The molecule has 0 radical (unpaired) electrons. The van der Waals surface area contributed by atoms with E-state index < -0.39 is 0 Å². The van der Waals surface area contributed by atoms with Gasteiger partial charge in [0, 0.05) is 30.2 Å². The summed E-state index contributed by atoms with van der Waals surface area (Å²) in [5, 5.41) is 1.11. The number of hydrogen-bond donors (Lipinski definition) is 1. The Hall–Kier alpha value is -1.81. The lowest BCUT2D eigenvalue weighted by Gasteiger charge is -2.05. The van der Waals surface area contributed by atoms with Crippen molar-refractivity contribution in [1.82, 2.24) is 4.57 Å². The number of methoxy groups -OCH3 is 1. The molecule has 19 heavy (non-hydrogen) atoms. The van der Waals surface area contributed by atoms with E-state index in [2.05, 4.69) is 30.5 Å². The molecule has 0 amide bonds. The minimum atomic E-state index is -0.218. The number of fused-ring (bicyclic) bond motifs is 1. The van der Waals surface area contributed by atoms with Crippen LogP contribution in [0, 0.1) is 13.8 Å². The van der Waals surface area contributed by atoms with E-state index in [1.807, 2.05) is 6.20 Å². The minimum Gasteiger partial charge on any atom is -0.469 e. The SMILES string of the molecule is COC(=O)Cc1cn(CCN)c2cc(C)c(C)cc12. The molecule has 0 aliphatic heterocycles. The molecular formula is C15H20N2O2. The largest absolute Gasteiger partial charge is 0.469 e. The number of benzene rings is 1. The molecule has 0 bridgehead atoms. The summed E-state index contributed by atoms with van der Waals surface area (Å²) in [6, 6.07) is 4.29. The molecule has 102 valence electrons. The van der Waals surface area contributed by atoms with Crippen LogP contribution in [0.2, 0.25) is 0 Å². The number of hydrogen-bond acceptors (Lipinski definition) is 3. The number of carbonyl (C=O) groups excluding carboxylic acids is 1. The molecule has 1 heterocycles. The highest BCUT2D eigenvalue weighted by Crippen LogP contribution is 2.25. The molecule has 1 aromatic carbocycles. The summed E-state index contributed by atoms with van der Waals surface area (Å²) in [5.74, 6) is -0.218. The molecule has 4 heteroatoms. The highest BCUT2D eigenvalue weighted by atomic mass is 16.5. The Balaban J connectivity index is 2.57. The fourth-order valence-corrected chi connectivity index (χ4v) is 2.32. The number of aromatic nitrogens is 1. The van der Waals surface area contributed by atoms with Gasteiger partial charge >= 0.3 is 5.97 Å². The van der Waals surface area contributed by atoms with Gasteiger partial charge in [-0.1, -0.05) is 0 Å². The number of nitrogens with two attached hydrogens (primary N) is 1. The molecule has 0 spiro atoms. The van der Waals surface area contributed by atoms with Gasteiger partial charge < -0.3 is 15.0 Å². The van der Waals surface area contributed by atoms with Crippen LogP contribution in [0.5, 0.6) is 0 Å². The lowest BCUT2D eigenvalue weighted by Crippen LogP contribution is -2.09. The van der Waals surface area contributed by atoms with Crippen LogP contribution in [0.1, 0.15) is 16.7 Å². The minimum absolute atomic E-state index is 0.218. The summed E-state index contributed by atoms with van der Waals surface area (Å²) in [5.41, 5.74) is 10.2. The third kappa shape index (κ3) is 2.63. The molecule has 0 atom stereocenters. The average molecular weight is 260 g/mol.